The molecule has 0 unspecified atom stereocenters. The third-order valence-electron chi connectivity index (χ3n) is 1.10. The molecule has 0 atom stereocenters. The summed E-state index contributed by atoms with van der Waals surface area (Å²) in [7, 11) is 0. The summed E-state index contributed by atoms with van der Waals surface area (Å²) in [5.41, 5.74) is 0. The maximum absolute atomic E-state index is 10.7. The van der Waals surface area contributed by atoms with Gasteiger partial charge in [-0.2, -0.15) is 0 Å². The van der Waals surface area contributed by atoms with Gasteiger partial charge in [0, 0.05) is 12.2 Å². The Labute approximate surface area is 105 Å². The van der Waals surface area contributed by atoms with Crippen LogP contribution in [0.2, 0.25) is 0 Å². The number of carbonyl (C=O) groups is 2. The van der Waals surface area contributed by atoms with Crippen molar-refractivity contribution in [3.8, 4) is 0 Å². The van der Waals surface area contributed by atoms with E-state index in [1.54, 1.807) is 6.08 Å². The molecule has 74 valence electrons. The molecule has 0 heterocycles. The molecule has 0 radical (unpaired) electrons. The van der Waals surface area contributed by atoms with Crippen molar-refractivity contribution in [3.05, 3.63) is 24.5 Å². The molecule has 0 aromatic heterocycles. The fourth-order valence-electron chi connectivity index (χ4n) is 0.528. The molecule has 0 fully saturated rings. The van der Waals surface area contributed by atoms with E-state index in [4.69, 9.17) is 5.11 Å². The van der Waals surface area contributed by atoms with Gasteiger partial charge in [-0.15, -0.1) is 0 Å². The third kappa shape index (κ3) is 11.4. The van der Waals surface area contributed by atoms with Crippen LogP contribution in [0, 0.1) is 0 Å². The first kappa shape index (κ1) is 15.9. The predicted octanol–water partition coefficient (Wildman–Crippen LogP) is 0.836. The van der Waals surface area contributed by atoms with E-state index in [2.05, 4.69) is 4.74 Å². The Morgan fingerprint density at radius 1 is 1.36 bits per heavy atom. The molecule has 5 heteroatoms. The average molecular weight is 208 g/mol. The number of aliphatic carboxylic acids is 1. The summed E-state index contributed by atoms with van der Waals surface area (Å²) >= 11 is 0. The van der Waals surface area contributed by atoms with Crippen LogP contribution in [-0.2, 0) is 14.3 Å². The van der Waals surface area contributed by atoms with E-state index in [1.807, 2.05) is 6.92 Å². The summed E-state index contributed by atoms with van der Waals surface area (Å²) in [5, 5.41) is 8.16. The fourth-order valence-corrected chi connectivity index (χ4v) is 0.528. The van der Waals surface area contributed by atoms with Crippen LogP contribution in [0.5, 0.6) is 0 Å². The van der Waals surface area contributed by atoms with Crippen molar-refractivity contribution in [1.29, 1.82) is 0 Å². The zero-order valence-corrected chi connectivity index (χ0v) is 7.40. The van der Waals surface area contributed by atoms with E-state index in [0.29, 0.717) is 0 Å². The molecule has 0 aliphatic rings. The van der Waals surface area contributed by atoms with Gasteiger partial charge in [-0.1, -0.05) is 13.3 Å². The SMILES string of the molecule is CCCC=COC(=O)/C=C\C(=O)O.[NaH]. The summed E-state index contributed by atoms with van der Waals surface area (Å²) < 4.78 is 4.52. The third-order valence-corrected chi connectivity index (χ3v) is 1.10. The Morgan fingerprint density at radius 2 is 2.00 bits per heavy atom. The molecule has 14 heavy (non-hydrogen) atoms. The van der Waals surface area contributed by atoms with Crippen LogP contribution in [0.25, 0.3) is 0 Å². The number of hydrogen-bond acceptors (Lipinski definition) is 3. The first-order valence-electron chi connectivity index (χ1n) is 3.93. The van der Waals surface area contributed by atoms with Crippen molar-refractivity contribution in [2.45, 2.75) is 19.8 Å². The first-order chi connectivity index (χ1) is 6.16. The molecular formula is C9H13NaO4. The van der Waals surface area contributed by atoms with E-state index < -0.39 is 11.9 Å². The van der Waals surface area contributed by atoms with Crippen molar-refractivity contribution < 1.29 is 19.4 Å². The van der Waals surface area contributed by atoms with Crippen LogP contribution in [0.4, 0.5) is 0 Å². The topological polar surface area (TPSA) is 63.6 Å². The molecule has 0 saturated carbocycles. The molecule has 0 aliphatic carbocycles. The van der Waals surface area contributed by atoms with Crippen LogP contribution < -0.4 is 0 Å². The van der Waals surface area contributed by atoms with Crippen molar-refractivity contribution in [2.24, 2.45) is 0 Å². The summed E-state index contributed by atoms with van der Waals surface area (Å²) in [4.78, 5) is 20.7. The van der Waals surface area contributed by atoms with Gasteiger partial charge in [-0.05, 0) is 12.5 Å². The number of carboxylic acid groups (broad SMARTS) is 1. The van der Waals surface area contributed by atoms with Crippen molar-refractivity contribution in [1.82, 2.24) is 0 Å². The van der Waals surface area contributed by atoms with Gasteiger partial charge >= 0.3 is 41.5 Å². The standard InChI is InChI=1S/C9H12O4.Na.H/c1-2-3-4-7-13-9(12)6-5-8(10)11;;/h4-7H,2-3H2,1H3,(H,10,11);;/b6-5-,7-4?;;. The second-order valence-corrected chi connectivity index (χ2v) is 2.27. The van der Waals surface area contributed by atoms with Gasteiger partial charge in [0.25, 0.3) is 0 Å². The van der Waals surface area contributed by atoms with E-state index >= 15 is 0 Å². The Balaban J connectivity index is 0. The van der Waals surface area contributed by atoms with Crippen molar-refractivity contribution in [3.63, 3.8) is 0 Å². The molecule has 0 aliphatic heterocycles. The molecular weight excluding hydrogens is 195 g/mol. The second-order valence-electron chi connectivity index (χ2n) is 2.27. The van der Waals surface area contributed by atoms with Crippen LogP contribution in [0.15, 0.2) is 24.5 Å². The predicted molar refractivity (Wildman–Crippen MR) is 54.1 cm³/mol. The van der Waals surface area contributed by atoms with Crippen LogP contribution in [0.3, 0.4) is 0 Å². The summed E-state index contributed by atoms with van der Waals surface area (Å²) in [5.74, 6) is -1.86. The number of carbonyl (C=O) groups excluding carboxylic acids is 1. The van der Waals surface area contributed by atoms with Gasteiger partial charge in [-0.25, -0.2) is 9.59 Å². The molecule has 0 aromatic carbocycles. The van der Waals surface area contributed by atoms with Gasteiger partial charge in [0.05, 0.1) is 6.26 Å². The Morgan fingerprint density at radius 3 is 2.50 bits per heavy atom. The van der Waals surface area contributed by atoms with Crippen LogP contribution >= 0.6 is 0 Å². The van der Waals surface area contributed by atoms with E-state index in [1.165, 1.54) is 6.26 Å². The zero-order chi connectivity index (χ0) is 10.1. The average Bonchev–Trinajstić information content (AvgIpc) is 2.09. The van der Waals surface area contributed by atoms with Gasteiger partial charge in [0.1, 0.15) is 0 Å². The van der Waals surface area contributed by atoms with Crippen LogP contribution in [0.1, 0.15) is 19.8 Å². The molecule has 0 rings (SSSR count). The summed E-state index contributed by atoms with van der Waals surface area (Å²) in [6.45, 7) is 2.00. The molecule has 0 aromatic rings. The van der Waals surface area contributed by atoms with Crippen molar-refractivity contribution in [2.75, 3.05) is 0 Å². The minimum atomic E-state index is -1.17. The maximum atomic E-state index is 10.7. The van der Waals surface area contributed by atoms with E-state index in [9.17, 15) is 9.59 Å². The molecule has 0 bridgehead atoms. The first-order valence-corrected chi connectivity index (χ1v) is 3.93. The Hall–Kier alpha value is -0.580. The number of esters is 1. The van der Waals surface area contributed by atoms with Crippen LogP contribution in [-0.4, -0.2) is 46.6 Å². The summed E-state index contributed by atoms with van der Waals surface area (Å²) in [6, 6.07) is 0. The number of carboxylic acids is 1. The second kappa shape index (κ2) is 10.5. The number of unbranched alkanes of at least 4 members (excludes halogenated alkanes) is 1. The number of rotatable bonds is 5. The van der Waals surface area contributed by atoms with E-state index in [0.717, 1.165) is 25.0 Å². The van der Waals surface area contributed by atoms with Gasteiger partial charge in [0.2, 0.25) is 0 Å². The van der Waals surface area contributed by atoms with Gasteiger partial charge < -0.3 is 9.84 Å². The van der Waals surface area contributed by atoms with E-state index in [-0.39, 0.29) is 29.6 Å². The monoisotopic (exact) mass is 208 g/mol. The van der Waals surface area contributed by atoms with Crippen molar-refractivity contribution >= 4 is 41.5 Å². The van der Waals surface area contributed by atoms with Gasteiger partial charge in [-0.3, -0.25) is 0 Å². The quantitative estimate of drug-likeness (QED) is 0.314. The fraction of sp³-hybridized carbons (Fsp3) is 0.333. The summed E-state index contributed by atoms with van der Waals surface area (Å²) in [6.07, 6.45) is 6.36. The number of hydrogen-bond donors (Lipinski definition) is 1. The number of allylic oxidation sites excluding steroid dienone is 1. The van der Waals surface area contributed by atoms with Gasteiger partial charge in [0.15, 0.2) is 0 Å². The molecule has 0 amide bonds. The molecule has 4 nitrogen and oxygen atoms in total. The zero-order valence-electron chi connectivity index (χ0n) is 7.40. The Kier molecular flexibility index (Phi) is 11.9. The minimum absolute atomic E-state index is 0. The normalized spacial score (nSPS) is 10.1. The number of ether oxygens (including phenoxy) is 1. The molecule has 1 N–H and O–H groups in total. The Bertz CT molecular complexity index is 233. The molecule has 0 saturated heterocycles. The molecule has 0 spiro atoms.